The molecule has 0 aromatic heterocycles. The fraction of sp³-hybridized carbons (Fsp3) is 0.400. The van der Waals surface area contributed by atoms with Crippen LogP contribution in [-0.2, 0) is 6.42 Å². The lowest BCUT2D eigenvalue weighted by Gasteiger charge is -2.28. The predicted molar refractivity (Wildman–Crippen MR) is 54.8 cm³/mol. The molecule has 2 nitrogen and oxygen atoms in total. The standard InChI is InChI=1S/C10H13ClNO/c1-12(2)9-6-8(11)4-3-7(9)5-10(12)13/h3-4,6,10,13H,5H2,1-2H3/q+1. The minimum atomic E-state index is -0.339. The van der Waals surface area contributed by atoms with Crippen LogP contribution >= 0.6 is 11.6 Å². The number of fused-ring (bicyclic) bond motifs is 1. The summed E-state index contributed by atoms with van der Waals surface area (Å²) in [5.74, 6) is 0. The summed E-state index contributed by atoms with van der Waals surface area (Å²) in [5.41, 5.74) is 2.32. The van der Waals surface area contributed by atoms with Crippen LogP contribution in [0, 0.1) is 0 Å². The van der Waals surface area contributed by atoms with Gasteiger partial charge in [-0.05, 0) is 6.07 Å². The summed E-state index contributed by atoms with van der Waals surface area (Å²) < 4.78 is 0.510. The molecule has 1 heterocycles. The van der Waals surface area contributed by atoms with Crippen molar-refractivity contribution in [1.29, 1.82) is 0 Å². The first-order chi connectivity index (χ1) is 6.01. The number of quaternary nitrogens is 1. The quantitative estimate of drug-likeness (QED) is 0.631. The SMILES string of the molecule is C[N+]1(C)c2cc(Cl)ccc2CC1O. The summed E-state index contributed by atoms with van der Waals surface area (Å²) in [6, 6.07) is 5.80. The van der Waals surface area contributed by atoms with Crippen LogP contribution in [0.3, 0.4) is 0 Å². The number of hydrogen-bond donors (Lipinski definition) is 1. The molecule has 0 spiro atoms. The summed E-state index contributed by atoms with van der Waals surface area (Å²) in [7, 11) is 3.99. The van der Waals surface area contributed by atoms with Gasteiger partial charge in [0.25, 0.3) is 0 Å². The molecule has 13 heavy (non-hydrogen) atoms. The van der Waals surface area contributed by atoms with E-state index in [-0.39, 0.29) is 6.23 Å². The third-order valence-electron chi connectivity index (χ3n) is 2.82. The lowest BCUT2D eigenvalue weighted by Crippen LogP contribution is -2.46. The fourth-order valence-electron chi connectivity index (χ4n) is 1.83. The molecule has 0 radical (unpaired) electrons. The number of likely N-dealkylation sites (N-methyl/N-ethyl adjacent to an activating group) is 1. The first kappa shape index (κ1) is 9.00. The highest BCUT2D eigenvalue weighted by Gasteiger charge is 2.38. The number of hydrogen-bond acceptors (Lipinski definition) is 1. The molecule has 0 saturated carbocycles. The largest absolute Gasteiger partial charge is 0.344 e. The van der Waals surface area contributed by atoms with Gasteiger partial charge < -0.3 is 5.11 Å². The minimum Gasteiger partial charge on any atom is -0.344 e. The van der Waals surface area contributed by atoms with Gasteiger partial charge in [0.15, 0.2) is 6.23 Å². The van der Waals surface area contributed by atoms with E-state index in [0.29, 0.717) is 4.48 Å². The molecule has 1 aliphatic rings. The van der Waals surface area contributed by atoms with Crippen LogP contribution in [-0.4, -0.2) is 25.4 Å². The van der Waals surface area contributed by atoms with Crippen molar-refractivity contribution in [2.24, 2.45) is 0 Å². The van der Waals surface area contributed by atoms with E-state index in [1.54, 1.807) is 0 Å². The molecule has 1 aromatic rings. The molecule has 1 aliphatic heterocycles. The molecule has 1 atom stereocenters. The molecule has 1 N–H and O–H groups in total. The van der Waals surface area contributed by atoms with Gasteiger partial charge >= 0.3 is 0 Å². The van der Waals surface area contributed by atoms with Crippen LogP contribution in [0.4, 0.5) is 5.69 Å². The first-order valence-electron chi connectivity index (χ1n) is 4.32. The second-order valence-electron chi connectivity index (χ2n) is 4.00. The molecular weight excluding hydrogens is 186 g/mol. The number of aliphatic hydroxyl groups excluding tert-OH is 1. The Morgan fingerprint density at radius 1 is 1.46 bits per heavy atom. The monoisotopic (exact) mass is 198 g/mol. The smallest absolute Gasteiger partial charge is 0.199 e. The lowest BCUT2D eigenvalue weighted by molar-refractivity contribution is 0.0600. The van der Waals surface area contributed by atoms with Crippen molar-refractivity contribution in [1.82, 2.24) is 4.48 Å². The van der Waals surface area contributed by atoms with Crippen molar-refractivity contribution >= 4 is 17.3 Å². The van der Waals surface area contributed by atoms with Crippen LogP contribution in [0.15, 0.2) is 18.2 Å². The maximum Gasteiger partial charge on any atom is 0.199 e. The maximum atomic E-state index is 9.80. The number of aliphatic hydroxyl groups is 1. The molecule has 0 amide bonds. The van der Waals surface area contributed by atoms with Gasteiger partial charge in [-0.2, -0.15) is 0 Å². The third kappa shape index (κ3) is 1.26. The Labute approximate surface area is 83.0 Å². The zero-order chi connectivity index (χ0) is 9.64. The summed E-state index contributed by atoms with van der Waals surface area (Å²) in [4.78, 5) is 0. The van der Waals surface area contributed by atoms with Gasteiger partial charge in [0.1, 0.15) is 5.69 Å². The summed E-state index contributed by atoms with van der Waals surface area (Å²) >= 11 is 5.91. The number of nitrogens with zero attached hydrogens (tertiary/aromatic N) is 1. The van der Waals surface area contributed by atoms with Crippen molar-refractivity contribution in [3.8, 4) is 0 Å². The van der Waals surface area contributed by atoms with E-state index in [1.165, 1.54) is 5.56 Å². The molecule has 0 aliphatic carbocycles. The Bertz CT molecular complexity index is 349. The van der Waals surface area contributed by atoms with E-state index < -0.39 is 0 Å². The maximum absolute atomic E-state index is 9.80. The van der Waals surface area contributed by atoms with Gasteiger partial charge in [-0.1, -0.05) is 17.7 Å². The molecule has 0 saturated heterocycles. The highest BCUT2D eigenvalue weighted by Crippen LogP contribution is 2.36. The fourth-order valence-corrected chi connectivity index (χ4v) is 2.00. The molecule has 1 unspecified atom stereocenters. The summed E-state index contributed by atoms with van der Waals surface area (Å²) in [5, 5.41) is 10.5. The van der Waals surface area contributed by atoms with E-state index in [0.717, 1.165) is 17.1 Å². The Balaban J connectivity index is 2.57. The third-order valence-corrected chi connectivity index (χ3v) is 3.05. The van der Waals surface area contributed by atoms with Crippen LogP contribution in [0.25, 0.3) is 0 Å². The topological polar surface area (TPSA) is 20.2 Å². The van der Waals surface area contributed by atoms with Gasteiger partial charge in [0.2, 0.25) is 0 Å². The van der Waals surface area contributed by atoms with Gasteiger partial charge in [-0.3, -0.25) is 4.48 Å². The number of rotatable bonds is 0. The summed E-state index contributed by atoms with van der Waals surface area (Å²) in [6.45, 7) is 0. The van der Waals surface area contributed by atoms with Crippen molar-refractivity contribution in [3.63, 3.8) is 0 Å². The predicted octanol–water partition coefficient (Wildman–Crippen LogP) is 1.78. The zero-order valence-corrected chi connectivity index (χ0v) is 8.54. The number of halogens is 1. The normalized spacial score (nSPS) is 24.5. The Hall–Kier alpha value is -0.570. The molecular formula is C10H13ClNO+. The van der Waals surface area contributed by atoms with Crippen LogP contribution in [0.2, 0.25) is 5.02 Å². The average molecular weight is 199 g/mol. The average Bonchev–Trinajstić information content (AvgIpc) is 2.27. The first-order valence-corrected chi connectivity index (χ1v) is 4.70. The van der Waals surface area contributed by atoms with Gasteiger partial charge in [-0.25, -0.2) is 0 Å². The Morgan fingerprint density at radius 3 is 2.85 bits per heavy atom. The van der Waals surface area contributed by atoms with Crippen LogP contribution in [0.5, 0.6) is 0 Å². The Kier molecular flexibility index (Phi) is 1.88. The van der Waals surface area contributed by atoms with Gasteiger partial charge in [0, 0.05) is 16.7 Å². The van der Waals surface area contributed by atoms with Crippen molar-refractivity contribution in [3.05, 3.63) is 28.8 Å². The zero-order valence-electron chi connectivity index (χ0n) is 7.79. The highest BCUT2D eigenvalue weighted by atomic mass is 35.5. The summed E-state index contributed by atoms with van der Waals surface area (Å²) in [6.07, 6.45) is 0.382. The second kappa shape index (κ2) is 2.71. The molecule has 0 fully saturated rings. The van der Waals surface area contributed by atoms with Gasteiger partial charge in [0.05, 0.1) is 20.5 Å². The van der Waals surface area contributed by atoms with E-state index in [1.807, 2.05) is 32.3 Å². The molecule has 0 bridgehead atoms. The highest BCUT2D eigenvalue weighted by molar-refractivity contribution is 6.30. The minimum absolute atomic E-state index is 0.339. The lowest BCUT2D eigenvalue weighted by atomic mass is 10.2. The van der Waals surface area contributed by atoms with E-state index in [9.17, 15) is 5.11 Å². The van der Waals surface area contributed by atoms with Gasteiger partial charge in [-0.15, -0.1) is 0 Å². The molecule has 3 heteroatoms. The van der Waals surface area contributed by atoms with Crippen molar-refractivity contribution < 1.29 is 5.11 Å². The van der Waals surface area contributed by atoms with Crippen LogP contribution in [0.1, 0.15) is 5.56 Å². The van der Waals surface area contributed by atoms with E-state index >= 15 is 0 Å². The van der Waals surface area contributed by atoms with Crippen molar-refractivity contribution in [2.75, 3.05) is 14.1 Å². The molecule has 70 valence electrons. The molecule has 1 aromatic carbocycles. The number of benzene rings is 1. The van der Waals surface area contributed by atoms with Crippen LogP contribution < -0.4 is 4.48 Å². The van der Waals surface area contributed by atoms with E-state index in [2.05, 4.69) is 0 Å². The molecule has 2 rings (SSSR count). The van der Waals surface area contributed by atoms with E-state index in [4.69, 9.17) is 11.6 Å². The van der Waals surface area contributed by atoms with Crippen molar-refractivity contribution in [2.45, 2.75) is 12.6 Å². The second-order valence-corrected chi connectivity index (χ2v) is 4.43. The Morgan fingerprint density at radius 2 is 2.15 bits per heavy atom.